The predicted octanol–water partition coefficient (Wildman–Crippen LogP) is 1.84. The number of carbonyl (C=O) groups is 1. The first-order valence-corrected chi connectivity index (χ1v) is 8.39. The zero-order valence-corrected chi connectivity index (χ0v) is 14.1. The van der Waals surface area contributed by atoms with Gasteiger partial charge in [-0.25, -0.2) is 9.07 Å². The van der Waals surface area contributed by atoms with E-state index in [1.165, 1.54) is 29.8 Å². The number of hydrogen-bond donors (Lipinski definition) is 2. The Bertz CT molecular complexity index is 743. The Balaban J connectivity index is 1.56. The molecule has 2 N–H and O–H groups in total. The number of nitrogens with zero attached hydrogens (tertiary/aromatic N) is 2. The molecule has 2 aromatic rings. The lowest BCUT2D eigenvalue weighted by Gasteiger charge is -2.12. The van der Waals surface area contributed by atoms with Crippen LogP contribution < -0.4 is 5.32 Å². The number of aliphatic hydroxyl groups is 1. The van der Waals surface area contributed by atoms with Crippen LogP contribution in [0.15, 0.2) is 30.5 Å². The molecule has 1 unspecified atom stereocenters. The molecule has 0 bridgehead atoms. The summed E-state index contributed by atoms with van der Waals surface area (Å²) in [4.78, 5) is 12.3. The van der Waals surface area contributed by atoms with Gasteiger partial charge < -0.3 is 15.2 Å². The Kier molecular flexibility index (Phi) is 5.45. The molecule has 1 amide bonds. The van der Waals surface area contributed by atoms with Crippen LogP contribution in [0.3, 0.4) is 0 Å². The van der Waals surface area contributed by atoms with E-state index >= 15 is 0 Å². The van der Waals surface area contributed by atoms with Crippen molar-refractivity contribution in [1.82, 2.24) is 15.1 Å². The fraction of sp³-hybridized carbons (Fsp3) is 0.444. The summed E-state index contributed by atoms with van der Waals surface area (Å²) in [6.45, 7) is 2.65. The van der Waals surface area contributed by atoms with Crippen molar-refractivity contribution in [2.24, 2.45) is 5.92 Å². The maximum absolute atomic E-state index is 13.9. The molecule has 25 heavy (non-hydrogen) atoms. The van der Waals surface area contributed by atoms with Gasteiger partial charge in [0.05, 0.1) is 30.2 Å². The van der Waals surface area contributed by atoms with Crippen LogP contribution in [0, 0.1) is 18.7 Å². The van der Waals surface area contributed by atoms with Crippen molar-refractivity contribution >= 4 is 5.91 Å². The zero-order chi connectivity index (χ0) is 17.8. The molecule has 0 aliphatic heterocycles. The third kappa shape index (κ3) is 4.43. The lowest BCUT2D eigenvalue weighted by Crippen LogP contribution is -2.34. The predicted molar refractivity (Wildman–Crippen MR) is 90.1 cm³/mol. The highest BCUT2D eigenvalue weighted by Gasteiger charge is 2.22. The average Bonchev–Trinajstić information content (AvgIpc) is 3.34. The Labute approximate surface area is 145 Å². The second-order valence-corrected chi connectivity index (χ2v) is 6.35. The smallest absolute Gasteiger partial charge is 0.254 e. The van der Waals surface area contributed by atoms with Crippen LogP contribution in [-0.2, 0) is 4.74 Å². The van der Waals surface area contributed by atoms with Crippen molar-refractivity contribution in [1.29, 1.82) is 0 Å². The summed E-state index contributed by atoms with van der Waals surface area (Å²) in [7, 11) is 0. The van der Waals surface area contributed by atoms with Gasteiger partial charge in [-0.1, -0.05) is 12.1 Å². The topological polar surface area (TPSA) is 76.4 Å². The monoisotopic (exact) mass is 347 g/mol. The van der Waals surface area contributed by atoms with Gasteiger partial charge in [0.15, 0.2) is 0 Å². The number of halogens is 1. The van der Waals surface area contributed by atoms with E-state index < -0.39 is 11.9 Å². The van der Waals surface area contributed by atoms with E-state index in [9.17, 15) is 14.3 Å². The molecule has 0 saturated heterocycles. The van der Waals surface area contributed by atoms with Crippen LogP contribution in [0.2, 0.25) is 0 Å². The minimum atomic E-state index is -0.760. The molecule has 0 spiro atoms. The lowest BCUT2D eigenvalue weighted by molar-refractivity contribution is 0.0320. The number of carbonyl (C=O) groups excluding carboxylic acids is 1. The van der Waals surface area contributed by atoms with Crippen LogP contribution in [-0.4, -0.2) is 46.7 Å². The summed E-state index contributed by atoms with van der Waals surface area (Å²) in [5, 5.41) is 16.6. The van der Waals surface area contributed by atoms with Crippen molar-refractivity contribution in [3.63, 3.8) is 0 Å². The van der Waals surface area contributed by atoms with Gasteiger partial charge in [0.2, 0.25) is 0 Å². The largest absolute Gasteiger partial charge is 0.389 e. The van der Waals surface area contributed by atoms with Gasteiger partial charge >= 0.3 is 0 Å². The normalized spacial score (nSPS) is 15.2. The molecule has 0 radical (unpaired) electrons. The van der Waals surface area contributed by atoms with Crippen molar-refractivity contribution in [3.8, 4) is 5.69 Å². The molecule has 6 nitrogen and oxygen atoms in total. The maximum Gasteiger partial charge on any atom is 0.254 e. The molecule has 134 valence electrons. The molecule has 1 fully saturated rings. The number of ether oxygens (including phenoxy) is 1. The number of aliphatic hydroxyl groups excluding tert-OH is 1. The molecule has 1 saturated carbocycles. The summed E-state index contributed by atoms with van der Waals surface area (Å²) in [6.07, 6.45) is 3.02. The van der Waals surface area contributed by atoms with Crippen molar-refractivity contribution in [3.05, 3.63) is 47.5 Å². The van der Waals surface area contributed by atoms with Gasteiger partial charge in [-0.05, 0) is 37.8 Å². The SMILES string of the molecule is Cc1c(C(=O)NCC(O)COCC2CC2)cnn1-c1ccccc1F. The minimum absolute atomic E-state index is 0.0911. The van der Waals surface area contributed by atoms with Gasteiger partial charge in [-0.15, -0.1) is 0 Å². The number of para-hydroxylation sites is 1. The number of rotatable bonds is 8. The van der Waals surface area contributed by atoms with Crippen molar-refractivity contribution in [2.75, 3.05) is 19.8 Å². The number of hydrogen-bond acceptors (Lipinski definition) is 4. The zero-order valence-electron chi connectivity index (χ0n) is 14.1. The Hall–Kier alpha value is -2.25. The van der Waals surface area contributed by atoms with Gasteiger partial charge in [0.1, 0.15) is 11.5 Å². The third-order valence-electron chi connectivity index (χ3n) is 4.19. The van der Waals surface area contributed by atoms with Crippen molar-refractivity contribution in [2.45, 2.75) is 25.9 Å². The fourth-order valence-electron chi connectivity index (χ4n) is 2.52. The lowest BCUT2D eigenvalue weighted by atomic mass is 10.2. The van der Waals surface area contributed by atoms with Gasteiger partial charge in [-0.2, -0.15) is 5.10 Å². The number of benzene rings is 1. The first-order valence-electron chi connectivity index (χ1n) is 8.39. The summed E-state index contributed by atoms with van der Waals surface area (Å²) in [5.41, 5.74) is 1.16. The molecule has 1 heterocycles. The second kappa shape index (κ2) is 7.76. The molecule has 1 atom stereocenters. The van der Waals surface area contributed by atoms with E-state index in [-0.39, 0.29) is 24.7 Å². The van der Waals surface area contributed by atoms with Gasteiger partial charge in [0, 0.05) is 13.2 Å². The maximum atomic E-state index is 13.9. The summed E-state index contributed by atoms with van der Waals surface area (Å²) in [6, 6.07) is 6.24. The molecule has 1 aromatic carbocycles. The van der Waals surface area contributed by atoms with Crippen LogP contribution >= 0.6 is 0 Å². The third-order valence-corrected chi connectivity index (χ3v) is 4.19. The highest BCUT2D eigenvalue weighted by Crippen LogP contribution is 2.28. The Morgan fingerprint density at radius 1 is 1.48 bits per heavy atom. The van der Waals surface area contributed by atoms with Crippen molar-refractivity contribution < 1.29 is 19.0 Å². The van der Waals surface area contributed by atoms with Crippen LogP contribution in [0.4, 0.5) is 4.39 Å². The molecule has 1 aliphatic carbocycles. The van der Waals surface area contributed by atoms with E-state index in [2.05, 4.69) is 10.4 Å². The van der Waals surface area contributed by atoms with Crippen LogP contribution in [0.5, 0.6) is 0 Å². The van der Waals surface area contributed by atoms with E-state index in [1.807, 2.05) is 0 Å². The van der Waals surface area contributed by atoms with Crippen LogP contribution in [0.1, 0.15) is 28.9 Å². The number of aromatic nitrogens is 2. The quantitative estimate of drug-likeness (QED) is 0.764. The highest BCUT2D eigenvalue weighted by atomic mass is 19.1. The summed E-state index contributed by atoms with van der Waals surface area (Å²) >= 11 is 0. The highest BCUT2D eigenvalue weighted by molar-refractivity contribution is 5.95. The first-order chi connectivity index (χ1) is 12.1. The fourth-order valence-corrected chi connectivity index (χ4v) is 2.52. The number of nitrogens with one attached hydrogen (secondary N) is 1. The molecule has 7 heteroatoms. The first kappa shape index (κ1) is 17.6. The number of amides is 1. The van der Waals surface area contributed by atoms with Crippen LogP contribution in [0.25, 0.3) is 5.69 Å². The van der Waals surface area contributed by atoms with E-state index in [1.54, 1.807) is 25.1 Å². The van der Waals surface area contributed by atoms with Gasteiger partial charge in [0.25, 0.3) is 5.91 Å². The summed E-state index contributed by atoms with van der Waals surface area (Å²) < 4.78 is 20.7. The van der Waals surface area contributed by atoms with Gasteiger partial charge in [-0.3, -0.25) is 4.79 Å². The van der Waals surface area contributed by atoms with E-state index in [0.29, 0.717) is 23.8 Å². The average molecular weight is 347 g/mol. The Morgan fingerprint density at radius 3 is 2.96 bits per heavy atom. The molecular weight excluding hydrogens is 325 g/mol. The second-order valence-electron chi connectivity index (χ2n) is 6.35. The molecule has 1 aromatic heterocycles. The van der Waals surface area contributed by atoms with E-state index in [0.717, 1.165) is 0 Å². The molecular formula is C18H22FN3O3. The minimum Gasteiger partial charge on any atom is -0.389 e. The Morgan fingerprint density at radius 2 is 2.24 bits per heavy atom. The molecule has 1 aliphatic rings. The standard InChI is InChI=1S/C18H22FN3O3/c1-12-15(9-21-22(12)17-5-3-2-4-16(17)19)18(24)20-8-14(23)11-25-10-13-6-7-13/h2-5,9,13-14,23H,6-8,10-11H2,1H3,(H,20,24). The molecule has 3 rings (SSSR count). The van der Waals surface area contributed by atoms with E-state index in [4.69, 9.17) is 4.74 Å². The summed E-state index contributed by atoms with van der Waals surface area (Å²) in [5.74, 6) is -0.140.